The van der Waals surface area contributed by atoms with Crippen LogP contribution >= 0.6 is 0 Å². The number of morpholine rings is 1. The average molecular weight is 485 g/mol. The van der Waals surface area contributed by atoms with Gasteiger partial charge in [0.2, 0.25) is 5.89 Å². The number of aromatic nitrogens is 2. The van der Waals surface area contributed by atoms with E-state index in [1.165, 1.54) is 12.1 Å². The molecule has 2 aromatic rings. The Labute approximate surface area is 193 Å². The third kappa shape index (κ3) is 7.15. The molecule has 34 heavy (non-hydrogen) atoms. The Hall–Kier alpha value is -3.19. The molecule has 0 saturated carbocycles. The Morgan fingerprint density at radius 2 is 1.79 bits per heavy atom. The van der Waals surface area contributed by atoms with E-state index < -0.39 is 23.7 Å². The maximum absolute atomic E-state index is 12.4. The van der Waals surface area contributed by atoms with E-state index in [0.717, 1.165) is 53.1 Å². The minimum absolute atomic E-state index is 0.257. The van der Waals surface area contributed by atoms with E-state index in [-0.39, 0.29) is 17.6 Å². The van der Waals surface area contributed by atoms with Crippen LogP contribution < -0.4 is 10.6 Å². The summed E-state index contributed by atoms with van der Waals surface area (Å²) in [4.78, 5) is 25.6. The van der Waals surface area contributed by atoms with Gasteiger partial charge in [0.05, 0.1) is 13.2 Å². The van der Waals surface area contributed by atoms with Gasteiger partial charge in [-0.1, -0.05) is 5.10 Å². The van der Waals surface area contributed by atoms with Crippen LogP contribution in [0.25, 0.3) is 11.5 Å². The van der Waals surface area contributed by atoms with Gasteiger partial charge in [0, 0.05) is 30.9 Å². The summed E-state index contributed by atoms with van der Waals surface area (Å²) < 4.78 is 52.4. The number of hydrogen-bond donors (Lipinski definition) is 2. The van der Waals surface area contributed by atoms with Gasteiger partial charge in [-0.25, -0.2) is 4.79 Å². The Morgan fingerprint density at radius 3 is 2.44 bits per heavy atom. The van der Waals surface area contributed by atoms with Crippen LogP contribution in [0.3, 0.4) is 0 Å². The molecular weight excluding hydrogens is 459 g/mol. The second kappa shape index (κ2) is 10.8. The van der Waals surface area contributed by atoms with Gasteiger partial charge in [0.1, 0.15) is 0 Å². The first-order valence-electron chi connectivity index (χ1n) is 10.6. The lowest BCUT2D eigenvalue weighted by atomic mass is 10.1. The van der Waals surface area contributed by atoms with E-state index >= 15 is 0 Å². The highest BCUT2D eigenvalue weighted by atomic mass is 19.4. The molecule has 0 spiro atoms. The lowest BCUT2D eigenvalue weighted by molar-refractivity contribution is -0.211. The van der Waals surface area contributed by atoms with Crippen molar-refractivity contribution in [2.24, 2.45) is 0 Å². The van der Waals surface area contributed by atoms with Crippen molar-refractivity contribution in [3.63, 3.8) is 0 Å². The second-order valence-corrected chi connectivity index (χ2v) is 8.08. The monoisotopic (exact) mass is 485 g/mol. The number of alkyl halides is 3. The van der Waals surface area contributed by atoms with Crippen molar-refractivity contribution in [1.29, 1.82) is 0 Å². The summed E-state index contributed by atoms with van der Waals surface area (Å²) in [6.45, 7) is 7.10. The van der Waals surface area contributed by atoms with E-state index in [1.54, 1.807) is 12.1 Å². The van der Waals surface area contributed by atoms with Gasteiger partial charge in [-0.2, -0.15) is 13.2 Å². The molecule has 3 rings (SSSR count). The van der Waals surface area contributed by atoms with Gasteiger partial charge in [-0.3, -0.25) is 9.69 Å². The van der Waals surface area contributed by atoms with Crippen LogP contribution in [0.15, 0.2) is 28.7 Å². The minimum atomic E-state index is -5.19. The molecule has 2 N–H and O–H groups in total. The normalized spacial score (nSPS) is 15.1. The molecule has 0 bridgehead atoms. The standard InChI is InChI=1S/C21H26F3N5O5/c1-20(2,34-18(31)21(22,23)24)17(30)26-15-6-4-14(5-7-15)16-27-28-19(33-16)25-8-3-9-29-10-12-32-13-11-29/h4-7H,3,8-13H2,1-2H3,(H,25,28)(H,26,30). The van der Waals surface area contributed by atoms with Gasteiger partial charge >= 0.3 is 18.2 Å². The molecule has 1 aliphatic heterocycles. The molecular formula is C21H26F3N5O5. The highest BCUT2D eigenvalue weighted by molar-refractivity contribution is 5.98. The molecule has 0 radical (unpaired) electrons. The first kappa shape index (κ1) is 25.4. The molecule has 1 aliphatic rings. The predicted molar refractivity (Wildman–Crippen MR) is 115 cm³/mol. The Bertz CT molecular complexity index is 972. The van der Waals surface area contributed by atoms with Gasteiger partial charge in [0.25, 0.3) is 5.91 Å². The third-order valence-electron chi connectivity index (χ3n) is 4.97. The fourth-order valence-electron chi connectivity index (χ4n) is 3.05. The van der Waals surface area contributed by atoms with Gasteiger partial charge in [-0.15, -0.1) is 5.10 Å². The van der Waals surface area contributed by atoms with Crippen LogP contribution in [0.5, 0.6) is 0 Å². The Morgan fingerprint density at radius 1 is 1.12 bits per heavy atom. The molecule has 1 saturated heterocycles. The van der Waals surface area contributed by atoms with Crippen LogP contribution in [0, 0.1) is 0 Å². The molecule has 1 fully saturated rings. The zero-order chi connectivity index (χ0) is 24.8. The van der Waals surface area contributed by atoms with Gasteiger partial charge in [-0.05, 0) is 51.1 Å². The largest absolute Gasteiger partial charge is 0.490 e. The maximum Gasteiger partial charge on any atom is 0.490 e. The molecule has 186 valence electrons. The summed E-state index contributed by atoms with van der Waals surface area (Å²) in [5.74, 6) is -3.10. The number of ether oxygens (including phenoxy) is 2. The summed E-state index contributed by atoms with van der Waals surface area (Å²) in [7, 11) is 0. The van der Waals surface area contributed by atoms with E-state index in [1.807, 2.05) is 0 Å². The molecule has 0 unspecified atom stereocenters. The predicted octanol–water partition coefficient (Wildman–Crippen LogP) is 2.69. The van der Waals surface area contributed by atoms with Crippen molar-refractivity contribution < 1.29 is 36.7 Å². The molecule has 1 aromatic carbocycles. The van der Waals surface area contributed by atoms with Crippen LogP contribution in [0.1, 0.15) is 20.3 Å². The third-order valence-corrected chi connectivity index (χ3v) is 4.97. The number of benzene rings is 1. The van der Waals surface area contributed by atoms with E-state index in [9.17, 15) is 22.8 Å². The smallest absolute Gasteiger partial charge is 0.443 e. The number of rotatable bonds is 9. The van der Waals surface area contributed by atoms with Gasteiger partial charge in [0.15, 0.2) is 5.60 Å². The van der Waals surface area contributed by atoms with Crippen molar-refractivity contribution in [1.82, 2.24) is 15.1 Å². The fraction of sp³-hybridized carbons (Fsp3) is 0.524. The van der Waals surface area contributed by atoms with Gasteiger partial charge < -0.3 is 24.5 Å². The second-order valence-electron chi connectivity index (χ2n) is 8.08. The zero-order valence-corrected chi connectivity index (χ0v) is 18.8. The number of nitrogens with one attached hydrogen (secondary N) is 2. The highest BCUT2D eigenvalue weighted by Gasteiger charge is 2.46. The molecule has 2 heterocycles. The minimum Gasteiger partial charge on any atom is -0.443 e. The number of nitrogens with zero attached hydrogens (tertiary/aromatic N) is 3. The summed E-state index contributed by atoms with van der Waals surface area (Å²) >= 11 is 0. The Kier molecular flexibility index (Phi) is 8.10. The topological polar surface area (TPSA) is 119 Å². The number of hydrogen-bond acceptors (Lipinski definition) is 9. The quantitative estimate of drug-likeness (QED) is 0.408. The number of esters is 1. The number of carbonyl (C=O) groups is 2. The van der Waals surface area contributed by atoms with E-state index in [0.29, 0.717) is 12.1 Å². The summed E-state index contributed by atoms with van der Waals surface area (Å²) in [5, 5.41) is 13.4. The van der Waals surface area contributed by atoms with Crippen LogP contribution in [0.2, 0.25) is 0 Å². The van der Waals surface area contributed by atoms with E-state index in [2.05, 4.69) is 30.5 Å². The fourth-order valence-corrected chi connectivity index (χ4v) is 3.05. The average Bonchev–Trinajstić information content (AvgIpc) is 3.26. The van der Waals surface area contributed by atoms with Crippen molar-refractivity contribution in [3.8, 4) is 11.5 Å². The van der Waals surface area contributed by atoms with E-state index in [4.69, 9.17) is 9.15 Å². The first-order chi connectivity index (χ1) is 16.0. The number of halogens is 3. The molecule has 0 aliphatic carbocycles. The SMILES string of the molecule is CC(C)(OC(=O)C(F)(F)F)C(=O)Nc1ccc(-c2nnc(NCCCN3CCOCC3)o2)cc1. The van der Waals surface area contributed by atoms with Crippen molar-refractivity contribution in [3.05, 3.63) is 24.3 Å². The Balaban J connectivity index is 1.49. The van der Waals surface area contributed by atoms with Crippen molar-refractivity contribution >= 4 is 23.6 Å². The highest BCUT2D eigenvalue weighted by Crippen LogP contribution is 2.24. The number of anilines is 2. The number of amides is 1. The molecule has 0 atom stereocenters. The first-order valence-corrected chi connectivity index (χ1v) is 10.6. The maximum atomic E-state index is 12.4. The zero-order valence-electron chi connectivity index (χ0n) is 18.8. The molecule has 10 nitrogen and oxygen atoms in total. The lowest BCUT2D eigenvalue weighted by Gasteiger charge is -2.26. The van der Waals surface area contributed by atoms with Crippen molar-refractivity contribution in [2.75, 3.05) is 50.0 Å². The number of carbonyl (C=O) groups excluding carboxylic acids is 2. The molecule has 13 heteroatoms. The molecule has 1 amide bonds. The van der Waals surface area contributed by atoms with Crippen molar-refractivity contribution in [2.45, 2.75) is 32.0 Å². The van der Waals surface area contributed by atoms with Crippen LogP contribution in [-0.4, -0.2) is 78.1 Å². The van der Waals surface area contributed by atoms with Crippen LogP contribution in [-0.2, 0) is 19.1 Å². The summed E-state index contributed by atoms with van der Waals surface area (Å²) in [6, 6.07) is 6.49. The summed E-state index contributed by atoms with van der Waals surface area (Å²) in [6.07, 6.45) is -4.29. The summed E-state index contributed by atoms with van der Waals surface area (Å²) in [5.41, 5.74) is -1.17. The lowest BCUT2D eigenvalue weighted by Crippen LogP contribution is -2.44. The van der Waals surface area contributed by atoms with Crippen LogP contribution in [0.4, 0.5) is 24.9 Å². The molecule has 1 aromatic heterocycles.